The predicted octanol–water partition coefficient (Wildman–Crippen LogP) is 5.03. The van der Waals surface area contributed by atoms with Gasteiger partial charge in [-0.05, 0) is 63.0 Å². The lowest BCUT2D eigenvalue weighted by atomic mass is 9.69. The quantitative estimate of drug-likeness (QED) is 0.403. The number of alkyl halides is 3. The van der Waals surface area contributed by atoms with Gasteiger partial charge in [-0.25, -0.2) is 13.2 Å². The van der Waals surface area contributed by atoms with Crippen LogP contribution in [0.25, 0.3) is 0 Å². The Bertz CT molecular complexity index is 1250. The second kappa shape index (κ2) is 12.0. The molecule has 2 aliphatic rings. The number of nitrogens with zero attached hydrogens (tertiary/aromatic N) is 2. The molecule has 4 rings (SSSR count). The number of piperidine rings is 2. The maximum atomic E-state index is 13.2. The molecule has 2 fully saturated rings. The molecule has 39 heavy (non-hydrogen) atoms. The Labute approximate surface area is 231 Å². The van der Waals surface area contributed by atoms with Crippen molar-refractivity contribution >= 4 is 27.6 Å². The average Bonchev–Trinajstić information content (AvgIpc) is 2.88. The molecule has 1 unspecified atom stereocenters. The van der Waals surface area contributed by atoms with E-state index in [9.17, 15) is 26.4 Å². The number of hydrogen-bond acceptors (Lipinski definition) is 6. The summed E-state index contributed by atoms with van der Waals surface area (Å²) in [6.45, 7) is 4.01. The van der Waals surface area contributed by atoms with Gasteiger partial charge in [0.25, 0.3) is 0 Å². The van der Waals surface area contributed by atoms with Gasteiger partial charge in [-0.1, -0.05) is 41.9 Å². The molecule has 12 heteroatoms. The summed E-state index contributed by atoms with van der Waals surface area (Å²) in [5.74, 6) is -1.84. The molecule has 2 aliphatic heterocycles. The molecule has 0 N–H and O–H groups in total. The van der Waals surface area contributed by atoms with Crippen molar-refractivity contribution in [3.8, 4) is 5.75 Å². The van der Waals surface area contributed by atoms with Crippen LogP contribution in [0, 0.1) is 5.41 Å². The molecule has 214 valence electrons. The zero-order valence-electron chi connectivity index (χ0n) is 21.6. The molecule has 7 nitrogen and oxygen atoms in total. The van der Waals surface area contributed by atoms with Gasteiger partial charge in [0.05, 0.1) is 18.9 Å². The molecular weight excluding hydrogens is 557 g/mol. The molecular formula is C27H32ClF3N2O5S. The summed E-state index contributed by atoms with van der Waals surface area (Å²) >= 11 is 5.89. The van der Waals surface area contributed by atoms with E-state index < -0.39 is 33.7 Å². The van der Waals surface area contributed by atoms with Crippen LogP contribution in [0.2, 0.25) is 5.02 Å². The van der Waals surface area contributed by atoms with Gasteiger partial charge in [-0.2, -0.15) is 17.5 Å². The first-order valence-corrected chi connectivity index (χ1v) is 14.8. The second-order valence-corrected chi connectivity index (χ2v) is 12.5. The van der Waals surface area contributed by atoms with Gasteiger partial charge in [-0.3, -0.25) is 4.90 Å². The molecule has 2 aromatic rings. The fourth-order valence-electron chi connectivity index (χ4n) is 5.37. The number of carbonyl (C=O) groups excluding carboxylic acids is 1. The average molecular weight is 589 g/mol. The Balaban J connectivity index is 1.48. The van der Waals surface area contributed by atoms with Crippen LogP contribution < -0.4 is 4.74 Å². The molecule has 0 aliphatic carbocycles. The van der Waals surface area contributed by atoms with Gasteiger partial charge >= 0.3 is 12.1 Å². The number of benzene rings is 2. The van der Waals surface area contributed by atoms with Crippen LogP contribution in [0.3, 0.4) is 0 Å². The number of hydrogen-bond donors (Lipinski definition) is 0. The lowest BCUT2D eigenvalue weighted by molar-refractivity contribution is -0.215. The molecule has 0 saturated carbocycles. The minimum absolute atomic E-state index is 0.142. The van der Waals surface area contributed by atoms with Crippen molar-refractivity contribution in [2.24, 2.45) is 5.41 Å². The van der Waals surface area contributed by atoms with E-state index >= 15 is 0 Å². The van der Waals surface area contributed by atoms with E-state index in [4.69, 9.17) is 21.1 Å². The molecule has 0 radical (unpaired) electrons. The summed E-state index contributed by atoms with van der Waals surface area (Å²) in [6, 6.07) is 14.0. The highest BCUT2D eigenvalue weighted by Crippen LogP contribution is 2.44. The highest BCUT2D eigenvalue weighted by atomic mass is 35.5. The lowest BCUT2D eigenvalue weighted by Gasteiger charge is -2.50. The largest absolute Gasteiger partial charge is 0.494 e. The lowest BCUT2D eigenvalue weighted by Crippen LogP contribution is -2.58. The summed E-state index contributed by atoms with van der Waals surface area (Å²) in [4.78, 5) is 14.1. The van der Waals surface area contributed by atoms with Crippen molar-refractivity contribution in [1.82, 2.24) is 9.21 Å². The van der Waals surface area contributed by atoms with E-state index in [1.807, 2.05) is 31.2 Å². The van der Waals surface area contributed by atoms with Crippen LogP contribution in [0.5, 0.6) is 5.75 Å². The van der Waals surface area contributed by atoms with Crippen molar-refractivity contribution in [3.05, 3.63) is 64.7 Å². The Kier molecular flexibility index (Phi) is 9.15. The number of halogens is 4. The zero-order chi connectivity index (χ0) is 28.3. The topological polar surface area (TPSA) is 76.2 Å². The molecule has 2 saturated heterocycles. The van der Waals surface area contributed by atoms with Crippen LogP contribution in [0.15, 0.2) is 48.5 Å². The number of para-hydroxylation sites is 1. The molecule has 2 heterocycles. The Morgan fingerprint density at radius 3 is 2.33 bits per heavy atom. The zero-order valence-corrected chi connectivity index (χ0v) is 23.2. The highest BCUT2D eigenvalue weighted by Gasteiger charge is 2.52. The van der Waals surface area contributed by atoms with Gasteiger partial charge < -0.3 is 9.47 Å². The van der Waals surface area contributed by atoms with Crippen molar-refractivity contribution in [3.63, 3.8) is 0 Å². The standard InChI is InChI=1S/C27H32ClF3N2O5S/c1-2-37-23-6-4-3-5-21(23)17-32-14-11-26(12-15-32)13-16-33(18-24(26)38-25(34)27(29,30)31)39(35,36)19-20-7-9-22(28)10-8-20/h3-10,24H,2,11-19H2,1H3. The number of sulfonamides is 1. The van der Waals surface area contributed by atoms with Crippen molar-refractivity contribution in [2.45, 2.75) is 50.8 Å². The summed E-state index contributed by atoms with van der Waals surface area (Å²) in [5, 5.41) is 0.461. The summed E-state index contributed by atoms with van der Waals surface area (Å²) in [7, 11) is -3.88. The minimum atomic E-state index is -5.17. The third kappa shape index (κ3) is 7.25. The molecule has 1 spiro atoms. The SMILES string of the molecule is CCOc1ccccc1CN1CCC2(CC1)CCN(S(=O)(=O)Cc1ccc(Cl)cc1)CC2OC(=O)C(F)(F)F. The normalized spacial score (nSPS) is 20.6. The van der Waals surface area contributed by atoms with Crippen LogP contribution in [0.1, 0.15) is 37.3 Å². The van der Waals surface area contributed by atoms with Gasteiger partial charge in [0.1, 0.15) is 11.9 Å². The van der Waals surface area contributed by atoms with E-state index in [-0.39, 0.29) is 18.8 Å². The van der Waals surface area contributed by atoms with Crippen LogP contribution in [-0.4, -0.2) is 68.7 Å². The number of esters is 1. The molecule has 0 amide bonds. The van der Waals surface area contributed by atoms with Crippen molar-refractivity contribution in [1.29, 1.82) is 0 Å². The Hall–Kier alpha value is -2.34. The maximum absolute atomic E-state index is 13.2. The monoisotopic (exact) mass is 588 g/mol. The number of carbonyl (C=O) groups is 1. The van der Waals surface area contributed by atoms with E-state index in [1.165, 1.54) is 0 Å². The van der Waals surface area contributed by atoms with Crippen LogP contribution >= 0.6 is 11.6 Å². The van der Waals surface area contributed by atoms with E-state index in [1.54, 1.807) is 24.3 Å². The smallest absolute Gasteiger partial charge is 0.490 e. The first-order chi connectivity index (χ1) is 18.4. The number of likely N-dealkylation sites (tertiary alicyclic amines) is 1. The number of rotatable bonds is 8. The van der Waals surface area contributed by atoms with Gasteiger partial charge in [0, 0.05) is 29.1 Å². The summed E-state index contributed by atoms with van der Waals surface area (Å²) < 4.78 is 77.8. The van der Waals surface area contributed by atoms with Crippen LogP contribution in [0.4, 0.5) is 13.2 Å². The Morgan fingerprint density at radius 2 is 1.69 bits per heavy atom. The summed E-state index contributed by atoms with van der Waals surface area (Å²) in [5.41, 5.74) is 0.769. The Morgan fingerprint density at radius 1 is 1.05 bits per heavy atom. The predicted molar refractivity (Wildman–Crippen MR) is 141 cm³/mol. The second-order valence-electron chi connectivity index (χ2n) is 10.1. The van der Waals surface area contributed by atoms with Crippen molar-refractivity contribution < 1.29 is 35.9 Å². The van der Waals surface area contributed by atoms with Crippen LogP contribution in [-0.2, 0) is 31.9 Å². The maximum Gasteiger partial charge on any atom is 0.490 e. The third-order valence-corrected chi connectivity index (χ3v) is 9.63. The van der Waals surface area contributed by atoms with E-state index in [0.29, 0.717) is 56.1 Å². The van der Waals surface area contributed by atoms with Gasteiger partial charge in [0.2, 0.25) is 10.0 Å². The van der Waals surface area contributed by atoms with E-state index in [0.717, 1.165) is 15.6 Å². The molecule has 0 aromatic heterocycles. The highest BCUT2D eigenvalue weighted by molar-refractivity contribution is 7.88. The van der Waals surface area contributed by atoms with Gasteiger partial charge in [0.15, 0.2) is 0 Å². The van der Waals surface area contributed by atoms with Crippen molar-refractivity contribution in [2.75, 3.05) is 32.8 Å². The fourth-order valence-corrected chi connectivity index (χ4v) is 7.03. The molecule has 2 aromatic carbocycles. The first kappa shape index (κ1) is 29.6. The van der Waals surface area contributed by atoms with Gasteiger partial charge in [-0.15, -0.1) is 0 Å². The number of ether oxygens (including phenoxy) is 2. The summed E-state index contributed by atoms with van der Waals surface area (Å²) in [6.07, 6.45) is -5.13. The van der Waals surface area contributed by atoms with E-state index in [2.05, 4.69) is 4.90 Å². The molecule has 1 atom stereocenters. The molecule has 0 bridgehead atoms. The first-order valence-electron chi connectivity index (χ1n) is 12.8. The fraction of sp³-hybridized carbons (Fsp3) is 0.519. The third-order valence-electron chi connectivity index (χ3n) is 7.57. The minimum Gasteiger partial charge on any atom is -0.494 e.